The summed E-state index contributed by atoms with van der Waals surface area (Å²) in [5, 5.41) is 0. The highest BCUT2D eigenvalue weighted by atomic mass is 32.2. The number of carbonyl (C=O) groups excluding carboxylic acids is 1. The van der Waals surface area contributed by atoms with Crippen molar-refractivity contribution in [3.05, 3.63) is 11.1 Å². The summed E-state index contributed by atoms with van der Waals surface area (Å²) in [6, 6.07) is 0. The summed E-state index contributed by atoms with van der Waals surface area (Å²) < 4.78 is 4.83. The fourth-order valence-electron chi connectivity index (χ4n) is 1.83. The van der Waals surface area contributed by atoms with Gasteiger partial charge in [0, 0.05) is 12.2 Å². The summed E-state index contributed by atoms with van der Waals surface area (Å²) in [4.78, 5) is 11.5. The minimum absolute atomic E-state index is 0.00403. The molecule has 2 rings (SSSR count). The van der Waals surface area contributed by atoms with Crippen LogP contribution in [0.1, 0.15) is 26.7 Å². The lowest BCUT2D eigenvalue weighted by atomic mass is 9.95. The van der Waals surface area contributed by atoms with Gasteiger partial charge >= 0.3 is 5.97 Å². The summed E-state index contributed by atoms with van der Waals surface area (Å²) >= 11 is 1.76. The Bertz CT molecular complexity index is 283. The SMILES string of the molecule is CC1=C(C)CC2(CCOC2=O)SC1. The number of esters is 1. The zero-order valence-corrected chi connectivity index (χ0v) is 8.87. The van der Waals surface area contributed by atoms with Crippen molar-refractivity contribution in [2.45, 2.75) is 31.4 Å². The van der Waals surface area contributed by atoms with E-state index in [-0.39, 0.29) is 10.7 Å². The molecule has 0 N–H and O–H groups in total. The van der Waals surface area contributed by atoms with Crippen LogP contribution in [0.25, 0.3) is 0 Å². The highest BCUT2D eigenvalue weighted by Crippen LogP contribution is 2.45. The quantitative estimate of drug-likeness (QED) is 0.440. The number of cyclic esters (lactones) is 1. The number of rotatable bonds is 0. The third kappa shape index (κ3) is 1.39. The van der Waals surface area contributed by atoms with Crippen LogP contribution in [0.15, 0.2) is 11.1 Å². The molecule has 0 amide bonds. The van der Waals surface area contributed by atoms with Crippen LogP contribution >= 0.6 is 11.8 Å². The topological polar surface area (TPSA) is 26.3 Å². The van der Waals surface area contributed by atoms with E-state index >= 15 is 0 Å². The first-order valence-corrected chi connectivity index (χ1v) is 5.59. The molecule has 0 aromatic heterocycles. The average Bonchev–Trinajstić information content (AvgIpc) is 2.42. The van der Waals surface area contributed by atoms with Gasteiger partial charge in [-0.1, -0.05) is 11.1 Å². The van der Waals surface area contributed by atoms with Crippen molar-refractivity contribution in [2.24, 2.45) is 0 Å². The maximum absolute atomic E-state index is 11.5. The molecule has 0 aromatic rings. The van der Waals surface area contributed by atoms with Gasteiger partial charge < -0.3 is 4.74 Å². The fourth-order valence-corrected chi connectivity index (χ4v) is 3.30. The lowest BCUT2D eigenvalue weighted by molar-refractivity contribution is -0.140. The molecule has 1 spiro atoms. The molecule has 13 heavy (non-hydrogen) atoms. The van der Waals surface area contributed by atoms with Gasteiger partial charge in [0.25, 0.3) is 0 Å². The molecule has 1 unspecified atom stereocenters. The minimum Gasteiger partial charge on any atom is -0.465 e. The van der Waals surface area contributed by atoms with Gasteiger partial charge in [0.1, 0.15) is 4.75 Å². The van der Waals surface area contributed by atoms with Crippen molar-refractivity contribution < 1.29 is 9.53 Å². The summed E-state index contributed by atoms with van der Waals surface area (Å²) in [5.41, 5.74) is 2.80. The van der Waals surface area contributed by atoms with Gasteiger partial charge in [-0.2, -0.15) is 0 Å². The number of thioether (sulfide) groups is 1. The summed E-state index contributed by atoms with van der Waals surface area (Å²) in [6.45, 7) is 4.88. The summed E-state index contributed by atoms with van der Waals surface area (Å²) in [7, 11) is 0. The molecule has 3 heteroatoms. The Morgan fingerprint density at radius 1 is 1.38 bits per heavy atom. The maximum Gasteiger partial charge on any atom is 0.322 e. The Morgan fingerprint density at radius 2 is 2.15 bits per heavy atom. The zero-order valence-electron chi connectivity index (χ0n) is 8.05. The van der Waals surface area contributed by atoms with E-state index in [0.29, 0.717) is 6.61 Å². The molecule has 0 aromatic carbocycles. The molecule has 72 valence electrons. The van der Waals surface area contributed by atoms with Gasteiger partial charge in [0.15, 0.2) is 0 Å². The largest absolute Gasteiger partial charge is 0.465 e. The molecule has 1 saturated heterocycles. The lowest BCUT2D eigenvalue weighted by Gasteiger charge is -2.30. The molecule has 0 radical (unpaired) electrons. The van der Waals surface area contributed by atoms with Crippen LogP contribution in [0.5, 0.6) is 0 Å². The third-order valence-corrected chi connectivity index (χ3v) is 4.60. The van der Waals surface area contributed by atoms with Crippen LogP contribution in [-0.4, -0.2) is 23.1 Å². The van der Waals surface area contributed by atoms with Crippen LogP contribution in [0, 0.1) is 0 Å². The second kappa shape index (κ2) is 3.05. The third-order valence-electron chi connectivity index (χ3n) is 2.96. The van der Waals surface area contributed by atoms with Crippen LogP contribution in [0.2, 0.25) is 0 Å². The second-order valence-corrected chi connectivity index (χ2v) is 5.27. The lowest BCUT2D eigenvalue weighted by Crippen LogP contribution is -2.33. The normalized spacial score (nSPS) is 34.2. The molecule has 2 aliphatic heterocycles. The first-order valence-electron chi connectivity index (χ1n) is 4.60. The van der Waals surface area contributed by atoms with E-state index < -0.39 is 0 Å². The molecular formula is C10H14O2S. The molecule has 0 aliphatic carbocycles. The Kier molecular flexibility index (Phi) is 2.14. The van der Waals surface area contributed by atoms with Gasteiger partial charge in [0.05, 0.1) is 6.61 Å². The summed E-state index contributed by atoms with van der Waals surface area (Å²) in [5.74, 6) is 0.991. The Morgan fingerprint density at radius 3 is 2.69 bits per heavy atom. The Labute approximate surface area is 82.7 Å². The number of hydrogen-bond acceptors (Lipinski definition) is 3. The molecule has 2 aliphatic rings. The first kappa shape index (κ1) is 9.13. The fraction of sp³-hybridized carbons (Fsp3) is 0.700. The highest BCUT2D eigenvalue weighted by molar-refractivity contribution is 8.01. The van der Waals surface area contributed by atoms with E-state index in [9.17, 15) is 4.79 Å². The van der Waals surface area contributed by atoms with Crippen LogP contribution in [-0.2, 0) is 9.53 Å². The number of hydrogen-bond donors (Lipinski definition) is 0. The molecule has 0 saturated carbocycles. The van der Waals surface area contributed by atoms with Crippen LogP contribution in [0.4, 0.5) is 0 Å². The predicted octanol–water partition coefficient (Wildman–Crippen LogP) is 2.15. The molecular weight excluding hydrogens is 184 g/mol. The Hall–Kier alpha value is -0.440. The van der Waals surface area contributed by atoms with Crippen molar-refractivity contribution in [3.8, 4) is 0 Å². The van der Waals surface area contributed by atoms with Crippen molar-refractivity contribution in [1.82, 2.24) is 0 Å². The molecule has 2 heterocycles. The maximum atomic E-state index is 11.5. The van der Waals surface area contributed by atoms with E-state index in [2.05, 4.69) is 13.8 Å². The van der Waals surface area contributed by atoms with Gasteiger partial charge in [-0.05, 0) is 20.3 Å². The Balaban J connectivity index is 2.24. The summed E-state index contributed by atoms with van der Waals surface area (Å²) in [6.07, 6.45) is 1.78. The van der Waals surface area contributed by atoms with Crippen molar-refractivity contribution in [3.63, 3.8) is 0 Å². The number of ether oxygens (including phenoxy) is 1. The zero-order chi connectivity index (χ0) is 9.47. The van der Waals surface area contributed by atoms with Crippen molar-refractivity contribution in [2.75, 3.05) is 12.4 Å². The predicted molar refractivity (Wildman–Crippen MR) is 53.8 cm³/mol. The van der Waals surface area contributed by atoms with Gasteiger partial charge in [0.2, 0.25) is 0 Å². The monoisotopic (exact) mass is 198 g/mol. The standard InChI is InChI=1S/C10H14O2S/c1-7-5-10(13-6-8(7)2)3-4-12-9(10)11/h3-6H2,1-2H3. The minimum atomic E-state index is -0.219. The van der Waals surface area contributed by atoms with Gasteiger partial charge in [-0.25, -0.2) is 0 Å². The van der Waals surface area contributed by atoms with Crippen molar-refractivity contribution >= 4 is 17.7 Å². The average molecular weight is 198 g/mol. The molecule has 0 bridgehead atoms. The molecule has 2 nitrogen and oxygen atoms in total. The molecule has 1 fully saturated rings. The van der Waals surface area contributed by atoms with Crippen LogP contribution in [0.3, 0.4) is 0 Å². The van der Waals surface area contributed by atoms with Crippen LogP contribution < -0.4 is 0 Å². The number of allylic oxidation sites excluding steroid dienone is 1. The number of carbonyl (C=O) groups is 1. The van der Waals surface area contributed by atoms with E-state index in [1.165, 1.54) is 11.1 Å². The van der Waals surface area contributed by atoms with Gasteiger partial charge in [-0.15, -0.1) is 11.8 Å². The first-order chi connectivity index (χ1) is 6.14. The second-order valence-electron chi connectivity index (χ2n) is 3.91. The van der Waals surface area contributed by atoms with E-state index in [4.69, 9.17) is 4.74 Å². The highest BCUT2D eigenvalue weighted by Gasteiger charge is 2.46. The van der Waals surface area contributed by atoms with Gasteiger partial charge in [-0.3, -0.25) is 4.79 Å². The smallest absolute Gasteiger partial charge is 0.322 e. The molecule has 1 atom stereocenters. The van der Waals surface area contributed by atoms with Crippen molar-refractivity contribution in [1.29, 1.82) is 0 Å². The van der Waals surface area contributed by atoms with E-state index in [0.717, 1.165) is 18.6 Å². The van der Waals surface area contributed by atoms with E-state index in [1.54, 1.807) is 11.8 Å². The van der Waals surface area contributed by atoms with E-state index in [1.807, 2.05) is 0 Å².